The molecule has 3 rings (SSSR count). The number of aryl methyl sites for hydroxylation is 3. The molecule has 0 aliphatic rings. The molecule has 0 fully saturated rings. The molecule has 8 heteroatoms. The summed E-state index contributed by atoms with van der Waals surface area (Å²) in [6.07, 6.45) is 1.44. The first-order chi connectivity index (χ1) is 12.3. The van der Waals surface area contributed by atoms with E-state index >= 15 is 0 Å². The number of carbonyl (C=O) groups is 2. The SMILES string of the molecule is Cc1csc(-n2c(C)cc(C(=O)COC(=O)c3cnn(C)c3C)c2C)n1. The minimum atomic E-state index is -0.548. The normalized spacial score (nSPS) is 11.0. The molecule has 26 heavy (non-hydrogen) atoms. The van der Waals surface area contributed by atoms with Gasteiger partial charge in [0, 0.05) is 35.1 Å². The Labute approximate surface area is 155 Å². The number of hydrogen-bond acceptors (Lipinski definition) is 6. The second-order valence-corrected chi connectivity index (χ2v) is 6.99. The average molecular weight is 372 g/mol. The fourth-order valence-electron chi connectivity index (χ4n) is 2.77. The highest BCUT2D eigenvalue weighted by atomic mass is 32.1. The van der Waals surface area contributed by atoms with Gasteiger partial charge in [-0.05, 0) is 33.8 Å². The third-order valence-corrected chi connectivity index (χ3v) is 5.26. The van der Waals surface area contributed by atoms with E-state index in [1.54, 1.807) is 24.7 Å². The number of aromatic nitrogens is 4. The van der Waals surface area contributed by atoms with Gasteiger partial charge in [0.25, 0.3) is 0 Å². The predicted molar refractivity (Wildman–Crippen MR) is 98.2 cm³/mol. The van der Waals surface area contributed by atoms with Crippen molar-refractivity contribution in [2.75, 3.05) is 6.61 Å². The zero-order valence-corrected chi connectivity index (χ0v) is 16.2. The van der Waals surface area contributed by atoms with Crippen molar-refractivity contribution < 1.29 is 14.3 Å². The molecule has 3 heterocycles. The number of ketones is 1. The summed E-state index contributed by atoms with van der Waals surface area (Å²) in [6, 6.07) is 1.80. The molecule has 0 aliphatic carbocycles. The van der Waals surface area contributed by atoms with Crippen molar-refractivity contribution in [2.24, 2.45) is 7.05 Å². The zero-order valence-electron chi connectivity index (χ0n) is 15.4. The molecular formula is C18H20N4O3S. The van der Waals surface area contributed by atoms with E-state index in [0.717, 1.165) is 22.2 Å². The van der Waals surface area contributed by atoms with E-state index in [2.05, 4.69) is 10.1 Å². The van der Waals surface area contributed by atoms with Crippen molar-refractivity contribution in [3.8, 4) is 5.13 Å². The number of Topliss-reactive ketones (excluding diaryl/α,β-unsaturated/α-hetero) is 1. The van der Waals surface area contributed by atoms with Gasteiger partial charge in [-0.2, -0.15) is 5.10 Å². The van der Waals surface area contributed by atoms with Gasteiger partial charge < -0.3 is 4.74 Å². The Morgan fingerprint density at radius 3 is 2.46 bits per heavy atom. The van der Waals surface area contributed by atoms with Gasteiger partial charge >= 0.3 is 5.97 Å². The molecule has 0 aromatic carbocycles. The van der Waals surface area contributed by atoms with Gasteiger partial charge in [0.1, 0.15) is 5.56 Å². The molecule has 0 saturated carbocycles. The molecule has 0 bridgehead atoms. The number of thiazole rings is 1. The Morgan fingerprint density at radius 2 is 1.88 bits per heavy atom. The minimum absolute atomic E-state index is 0.243. The van der Waals surface area contributed by atoms with Crippen LogP contribution in [0.4, 0.5) is 0 Å². The van der Waals surface area contributed by atoms with E-state index < -0.39 is 5.97 Å². The summed E-state index contributed by atoms with van der Waals surface area (Å²) >= 11 is 1.52. The summed E-state index contributed by atoms with van der Waals surface area (Å²) in [5.74, 6) is -0.791. The maximum Gasteiger partial charge on any atom is 0.342 e. The molecule has 3 aromatic heterocycles. The highest BCUT2D eigenvalue weighted by Crippen LogP contribution is 2.24. The highest BCUT2D eigenvalue weighted by Gasteiger charge is 2.21. The third kappa shape index (κ3) is 3.20. The van der Waals surface area contributed by atoms with Crippen molar-refractivity contribution in [2.45, 2.75) is 27.7 Å². The van der Waals surface area contributed by atoms with Gasteiger partial charge in [0.05, 0.1) is 11.9 Å². The molecule has 0 amide bonds. The summed E-state index contributed by atoms with van der Waals surface area (Å²) in [7, 11) is 1.74. The Balaban J connectivity index is 1.76. The predicted octanol–water partition coefficient (Wildman–Crippen LogP) is 2.94. The highest BCUT2D eigenvalue weighted by molar-refractivity contribution is 7.12. The van der Waals surface area contributed by atoms with Crippen molar-refractivity contribution in [3.05, 3.63) is 51.5 Å². The smallest absolute Gasteiger partial charge is 0.342 e. The lowest BCUT2D eigenvalue weighted by Gasteiger charge is -2.06. The van der Waals surface area contributed by atoms with Gasteiger partial charge in [-0.15, -0.1) is 11.3 Å². The molecule has 3 aromatic rings. The van der Waals surface area contributed by atoms with Crippen molar-refractivity contribution in [1.82, 2.24) is 19.3 Å². The molecule has 0 atom stereocenters. The van der Waals surface area contributed by atoms with Crippen LogP contribution in [0, 0.1) is 27.7 Å². The van der Waals surface area contributed by atoms with Crippen LogP contribution in [0.3, 0.4) is 0 Å². The van der Waals surface area contributed by atoms with E-state index in [1.165, 1.54) is 17.5 Å². The van der Waals surface area contributed by atoms with Crippen molar-refractivity contribution in [1.29, 1.82) is 0 Å². The molecule has 0 radical (unpaired) electrons. The standard InChI is InChI=1S/C18H20N4O3S/c1-10-9-26-18(20-10)22-11(2)6-14(13(22)4)16(23)8-25-17(24)15-7-19-21(5)12(15)3/h6-7,9H,8H2,1-5H3. The number of carbonyl (C=O) groups excluding carboxylic acids is 2. The molecule has 0 aliphatic heterocycles. The largest absolute Gasteiger partial charge is 0.454 e. The van der Waals surface area contributed by atoms with Gasteiger partial charge in [-0.1, -0.05) is 0 Å². The molecule has 0 saturated heterocycles. The van der Waals surface area contributed by atoms with Crippen molar-refractivity contribution in [3.63, 3.8) is 0 Å². The molecule has 136 valence electrons. The first-order valence-corrected chi connectivity index (χ1v) is 8.98. The van der Waals surface area contributed by atoms with Gasteiger partial charge in [0.15, 0.2) is 11.7 Å². The monoisotopic (exact) mass is 372 g/mol. The summed E-state index contributed by atoms with van der Waals surface area (Å²) in [5, 5.41) is 6.79. The Hall–Kier alpha value is -2.74. The van der Waals surface area contributed by atoms with Crippen molar-refractivity contribution >= 4 is 23.1 Å². The van der Waals surface area contributed by atoms with E-state index in [-0.39, 0.29) is 12.4 Å². The Morgan fingerprint density at radius 1 is 1.15 bits per heavy atom. The Kier molecular flexibility index (Phi) is 4.78. The van der Waals surface area contributed by atoms with Crippen LogP contribution in [0.25, 0.3) is 5.13 Å². The minimum Gasteiger partial charge on any atom is -0.454 e. The fourth-order valence-corrected chi connectivity index (χ4v) is 3.68. The van der Waals surface area contributed by atoms with Crippen LogP contribution < -0.4 is 0 Å². The van der Waals surface area contributed by atoms with Gasteiger partial charge in [0.2, 0.25) is 5.78 Å². The molecular weight excluding hydrogens is 352 g/mol. The summed E-state index contributed by atoms with van der Waals surface area (Å²) in [4.78, 5) is 29.2. The number of rotatable bonds is 5. The Bertz CT molecular complexity index is 996. The van der Waals surface area contributed by atoms with Crippen LogP contribution in [0.5, 0.6) is 0 Å². The first-order valence-electron chi connectivity index (χ1n) is 8.10. The number of nitrogens with zero attached hydrogens (tertiary/aromatic N) is 4. The quantitative estimate of drug-likeness (QED) is 0.508. The molecule has 0 N–H and O–H groups in total. The summed E-state index contributed by atoms with van der Waals surface area (Å²) in [6.45, 7) is 7.18. The van der Waals surface area contributed by atoms with Crippen LogP contribution >= 0.6 is 11.3 Å². The maximum atomic E-state index is 12.6. The number of hydrogen-bond donors (Lipinski definition) is 0. The number of ether oxygens (including phenoxy) is 1. The van der Waals surface area contributed by atoms with Crippen LogP contribution in [0.2, 0.25) is 0 Å². The fraction of sp³-hybridized carbons (Fsp3) is 0.333. The molecule has 0 spiro atoms. The van der Waals surface area contributed by atoms with Crippen LogP contribution in [-0.2, 0) is 11.8 Å². The lowest BCUT2D eigenvalue weighted by atomic mass is 10.1. The molecule has 0 unspecified atom stereocenters. The number of esters is 1. The van der Waals surface area contributed by atoms with Crippen LogP contribution in [0.15, 0.2) is 17.6 Å². The second kappa shape index (κ2) is 6.87. The second-order valence-electron chi connectivity index (χ2n) is 6.16. The van der Waals surface area contributed by atoms with Crippen LogP contribution in [-0.4, -0.2) is 37.7 Å². The maximum absolute atomic E-state index is 12.6. The third-order valence-electron chi connectivity index (χ3n) is 4.32. The lowest BCUT2D eigenvalue weighted by Crippen LogP contribution is -2.15. The zero-order chi connectivity index (χ0) is 19.0. The van der Waals surface area contributed by atoms with E-state index in [4.69, 9.17) is 4.74 Å². The summed E-state index contributed by atoms with van der Waals surface area (Å²) in [5.41, 5.74) is 4.23. The van der Waals surface area contributed by atoms with Crippen LogP contribution in [0.1, 0.15) is 43.5 Å². The topological polar surface area (TPSA) is 79.0 Å². The van der Waals surface area contributed by atoms with E-state index in [1.807, 2.05) is 30.7 Å². The van der Waals surface area contributed by atoms with Gasteiger partial charge in [-0.3, -0.25) is 14.0 Å². The lowest BCUT2D eigenvalue weighted by molar-refractivity contribution is 0.0473. The molecule has 7 nitrogen and oxygen atoms in total. The first kappa shape index (κ1) is 18.1. The van der Waals surface area contributed by atoms with E-state index in [9.17, 15) is 9.59 Å². The summed E-state index contributed by atoms with van der Waals surface area (Å²) < 4.78 is 8.72. The van der Waals surface area contributed by atoms with E-state index in [0.29, 0.717) is 16.8 Å². The van der Waals surface area contributed by atoms with Gasteiger partial charge in [-0.25, -0.2) is 9.78 Å². The average Bonchev–Trinajstić information content (AvgIpc) is 3.24.